The topological polar surface area (TPSA) is 46.6 Å². The Morgan fingerprint density at radius 2 is 2.12 bits per heavy atom. The Labute approximate surface area is 101 Å². The van der Waals surface area contributed by atoms with Gasteiger partial charge in [0.1, 0.15) is 0 Å². The predicted octanol–water partition coefficient (Wildman–Crippen LogP) is 1.40. The zero-order chi connectivity index (χ0) is 12.1. The average Bonchev–Trinajstić information content (AvgIpc) is 2.76. The summed E-state index contributed by atoms with van der Waals surface area (Å²) in [5.74, 6) is -0.0717. The van der Waals surface area contributed by atoms with Crippen LogP contribution in [0.1, 0.15) is 39.0 Å². The SMILES string of the molecule is C[C@]12CCC(=O)N1CCCC[C@]21C=CC(=O)O1. The Morgan fingerprint density at radius 1 is 1.29 bits per heavy atom. The van der Waals surface area contributed by atoms with Crippen LogP contribution in [-0.2, 0) is 14.3 Å². The average molecular weight is 235 g/mol. The van der Waals surface area contributed by atoms with Crippen LogP contribution in [0.2, 0.25) is 0 Å². The number of rotatable bonds is 0. The normalized spacial score (nSPS) is 40.6. The Morgan fingerprint density at radius 3 is 2.82 bits per heavy atom. The molecule has 4 nitrogen and oxygen atoms in total. The zero-order valence-electron chi connectivity index (χ0n) is 10.1. The second-order valence-electron chi connectivity index (χ2n) is 5.42. The van der Waals surface area contributed by atoms with E-state index in [2.05, 4.69) is 6.92 Å². The Hall–Kier alpha value is -1.32. The Bertz CT molecular complexity index is 417. The summed E-state index contributed by atoms with van der Waals surface area (Å²) in [4.78, 5) is 25.3. The maximum absolute atomic E-state index is 11.9. The third-order valence-corrected chi connectivity index (χ3v) is 4.59. The molecule has 1 amide bonds. The summed E-state index contributed by atoms with van der Waals surface area (Å²) in [5, 5.41) is 0. The molecule has 0 aromatic rings. The summed E-state index contributed by atoms with van der Waals surface area (Å²) in [5.41, 5.74) is -0.921. The van der Waals surface area contributed by atoms with Gasteiger partial charge < -0.3 is 9.64 Å². The molecular weight excluding hydrogens is 218 g/mol. The minimum absolute atomic E-state index is 0.199. The minimum atomic E-state index is -0.577. The summed E-state index contributed by atoms with van der Waals surface area (Å²) in [7, 11) is 0. The largest absolute Gasteiger partial charge is 0.449 e. The van der Waals surface area contributed by atoms with E-state index in [1.54, 1.807) is 0 Å². The van der Waals surface area contributed by atoms with E-state index in [1.807, 2.05) is 11.0 Å². The van der Waals surface area contributed by atoms with Crippen molar-refractivity contribution in [2.24, 2.45) is 0 Å². The quantitative estimate of drug-likeness (QED) is 0.596. The lowest BCUT2D eigenvalue weighted by Crippen LogP contribution is -2.59. The van der Waals surface area contributed by atoms with E-state index in [0.717, 1.165) is 32.2 Å². The van der Waals surface area contributed by atoms with E-state index < -0.39 is 5.60 Å². The van der Waals surface area contributed by atoms with Crippen molar-refractivity contribution in [1.82, 2.24) is 4.90 Å². The van der Waals surface area contributed by atoms with Gasteiger partial charge in [-0.3, -0.25) is 4.79 Å². The first-order chi connectivity index (χ1) is 8.07. The predicted molar refractivity (Wildman–Crippen MR) is 61.2 cm³/mol. The van der Waals surface area contributed by atoms with Crippen LogP contribution in [0.25, 0.3) is 0 Å². The second kappa shape index (κ2) is 3.34. The molecule has 0 N–H and O–H groups in total. The summed E-state index contributed by atoms with van der Waals surface area (Å²) in [6.07, 6.45) is 7.57. The lowest BCUT2D eigenvalue weighted by Gasteiger charge is -2.45. The van der Waals surface area contributed by atoms with Crippen molar-refractivity contribution in [3.05, 3.63) is 12.2 Å². The van der Waals surface area contributed by atoms with Crippen molar-refractivity contribution in [3.63, 3.8) is 0 Å². The fraction of sp³-hybridized carbons (Fsp3) is 0.692. The monoisotopic (exact) mass is 235 g/mol. The molecule has 1 spiro atoms. The van der Waals surface area contributed by atoms with Gasteiger partial charge in [0.25, 0.3) is 0 Å². The van der Waals surface area contributed by atoms with Gasteiger partial charge in [-0.2, -0.15) is 0 Å². The number of hydrogen-bond acceptors (Lipinski definition) is 3. The highest BCUT2D eigenvalue weighted by Crippen LogP contribution is 2.48. The van der Waals surface area contributed by atoms with Gasteiger partial charge in [0, 0.05) is 19.0 Å². The van der Waals surface area contributed by atoms with Gasteiger partial charge in [-0.25, -0.2) is 4.79 Å². The molecule has 0 radical (unpaired) electrons. The maximum atomic E-state index is 11.9. The van der Waals surface area contributed by atoms with Crippen LogP contribution in [-0.4, -0.2) is 34.5 Å². The number of hydrogen-bond donors (Lipinski definition) is 0. The molecule has 0 aliphatic carbocycles. The first-order valence-corrected chi connectivity index (χ1v) is 6.30. The van der Waals surface area contributed by atoms with E-state index in [9.17, 15) is 9.59 Å². The van der Waals surface area contributed by atoms with Crippen LogP contribution >= 0.6 is 0 Å². The molecule has 0 bridgehead atoms. The van der Waals surface area contributed by atoms with Crippen LogP contribution in [0.3, 0.4) is 0 Å². The number of nitrogens with zero attached hydrogens (tertiary/aromatic N) is 1. The van der Waals surface area contributed by atoms with Gasteiger partial charge >= 0.3 is 5.97 Å². The molecule has 3 heterocycles. The molecule has 0 saturated carbocycles. The first kappa shape index (κ1) is 10.8. The van der Waals surface area contributed by atoms with Crippen LogP contribution in [0.4, 0.5) is 0 Å². The van der Waals surface area contributed by atoms with E-state index in [4.69, 9.17) is 4.74 Å². The molecule has 2 fully saturated rings. The van der Waals surface area contributed by atoms with E-state index in [0.29, 0.717) is 6.42 Å². The highest BCUT2D eigenvalue weighted by molar-refractivity contribution is 5.86. The summed E-state index contributed by atoms with van der Waals surface area (Å²) >= 11 is 0. The van der Waals surface area contributed by atoms with Crippen molar-refractivity contribution in [1.29, 1.82) is 0 Å². The first-order valence-electron chi connectivity index (χ1n) is 6.30. The van der Waals surface area contributed by atoms with Gasteiger partial charge in [-0.15, -0.1) is 0 Å². The van der Waals surface area contributed by atoms with E-state index in [-0.39, 0.29) is 17.4 Å². The summed E-state index contributed by atoms with van der Waals surface area (Å²) in [6.45, 7) is 2.86. The van der Waals surface area contributed by atoms with Crippen molar-refractivity contribution in [3.8, 4) is 0 Å². The molecular formula is C13H17NO3. The highest BCUT2D eigenvalue weighted by atomic mass is 16.6. The fourth-order valence-electron chi connectivity index (χ4n) is 3.51. The zero-order valence-corrected chi connectivity index (χ0v) is 10.1. The molecule has 2 atom stereocenters. The molecule has 0 aromatic heterocycles. The third kappa shape index (κ3) is 1.30. The molecule has 3 aliphatic rings. The Balaban J connectivity index is 2.05. The molecule has 3 aliphatic heterocycles. The van der Waals surface area contributed by atoms with Gasteiger partial charge in [0.15, 0.2) is 5.60 Å². The minimum Gasteiger partial charge on any atom is -0.449 e. The summed E-state index contributed by atoms with van der Waals surface area (Å²) < 4.78 is 5.59. The molecule has 4 heteroatoms. The number of ether oxygens (including phenoxy) is 1. The number of esters is 1. The molecule has 0 aromatic carbocycles. The Kier molecular flexibility index (Phi) is 2.12. The number of fused-ring (bicyclic) bond motifs is 2. The molecule has 92 valence electrons. The van der Waals surface area contributed by atoms with Gasteiger partial charge in [-0.1, -0.05) is 0 Å². The maximum Gasteiger partial charge on any atom is 0.331 e. The van der Waals surface area contributed by atoms with E-state index in [1.165, 1.54) is 6.08 Å². The lowest BCUT2D eigenvalue weighted by atomic mass is 9.77. The molecule has 0 unspecified atom stereocenters. The van der Waals surface area contributed by atoms with Gasteiger partial charge in [0.05, 0.1) is 5.54 Å². The van der Waals surface area contributed by atoms with Crippen molar-refractivity contribution in [2.45, 2.75) is 50.2 Å². The third-order valence-electron chi connectivity index (χ3n) is 4.59. The molecule has 2 saturated heterocycles. The summed E-state index contributed by atoms with van der Waals surface area (Å²) in [6, 6.07) is 0. The smallest absolute Gasteiger partial charge is 0.331 e. The standard InChI is InChI=1S/C13H17NO3/c1-12-7-4-10(15)14(12)9-3-2-6-13(12)8-5-11(16)17-13/h5,8H,2-4,6-7,9H2,1H3/t12-,13+/m1/s1. The molecule has 17 heavy (non-hydrogen) atoms. The number of amides is 1. The number of carbonyl (C=O) groups excluding carboxylic acids is 2. The highest BCUT2D eigenvalue weighted by Gasteiger charge is 2.59. The molecule has 3 rings (SSSR count). The van der Waals surface area contributed by atoms with Crippen LogP contribution < -0.4 is 0 Å². The van der Waals surface area contributed by atoms with Gasteiger partial charge in [0.2, 0.25) is 5.91 Å². The van der Waals surface area contributed by atoms with Crippen LogP contribution in [0.15, 0.2) is 12.2 Å². The van der Waals surface area contributed by atoms with Crippen molar-refractivity contribution >= 4 is 11.9 Å². The lowest BCUT2D eigenvalue weighted by molar-refractivity contribution is -0.160. The number of carbonyl (C=O) groups is 2. The van der Waals surface area contributed by atoms with Crippen LogP contribution in [0.5, 0.6) is 0 Å². The van der Waals surface area contributed by atoms with Crippen molar-refractivity contribution < 1.29 is 14.3 Å². The van der Waals surface area contributed by atoms with Gasteiger partial charge in [-0.05, 0) is 38.7 Å². The van der Waals surface area contributed by atoms with E-state index >= 15 is 0 Å². The fourth-order valence-corrected chi connectivity index (χ4v) is 3.51. The second-order valence-corrected chi connectivity index (χ2v) is 5.42. The van der Waals surface area contributed by atoms with Crippen molar-refractivity contribution in [2.75, 3.05) is 6.54 Å². The van der Waals surface area contributed by atoms with Crippen LogP contribution in [0, 0.1) is 0 Å².